The predicted octanol–water partition coefficient (Wildman–Crippen LogP) is 4.43. The van der Waals surface area contributed by atoms with Gasteiger partial charge < -0.3 is 0 Å². The minimum absolute atomic E-state index is 0.158. The maximum Gasteiger partial charge on any atom is 0.178 e. The summed E-state index contributed by atoms with van der Waals surface area (Å²) in [6.45, 7) is 7.88. The molecule has 0 spiro atoms. The third-order valence-corrected chi connectivity index (χ3v) is 4.45. The van der Waals surface area contributed by atoms with Crippen LogP contribution in [0.5, 0.6) is 0 Å². The van der Waals surface area contributed by atoms with Gasteiger partial charge in [-0.25, -0.2) is 0 Å². The summed E-state index contributed by atoms with van der Waals surface area (Å²) in [5.41, 5.74) is 0.976. The van der Waals surface area contributed by atoms with Gasteiger partial charge in [-0.3, -0.25) is 9.69 Å². The highest BCUT2D eigenvalue weighted by Crippen LogP contribution is 2.32. The quantitative estimate of drug-likeness (QED) is 0.717. The van der Waals surface area contributed by atoms with Gasteiger partial charge >= 0.3 is 0 Å². The van der Waals surface area contributed by atoms with Crippen molar-refractivity contribution in [2.45, 2.75) is 20.8 Å². The van der Waals surface area contributed by atoms with Crippen LogP contribution in [0.2, 0.25) is 0 Å². The van der Waals surface area contributed by atoms with Crippen LogP contribution >= 0.6 is 43.2 Å². The van der Waals surface area contributed by atoms with Crippen LogP contribution in [0.4, 0.5) is 0 Å². The van der Waals surface area contributed by atoms with Crippen LogP contribution in [-0.4, -0.2) is 30.8 Å². The van der Waals surface area contributed by atoms with E-state index >= 15 is 0 Å². The molecule has 2 nitrogen and oxygen atoms in total. The van der Waals surface area contributed by atoms with Gasteiger partial charge in [0.05, 0.1) is 14.1 Å². The molecule has 0 fully saturated rings. The second-order valence-corrected chi connectivity index (χ2v) is 9.14. The number of hydrogen-bond donors (Lipinski definition) is 0. The van der Waals surface area contributed by atoms with Crippen LogP contribution in [-0.2, 0) is 0 Å². The van der Waals surface area contributed by atoms with Crippen molar-refractivity contribution in [2.75, 3.05) is 20.1 Å². The Balaban J connectivity index is 2.64. The maximum absolute atomic E-state index is 12.1. The Labute approximate surface area is 124 Å². The highest BCUT2D eigenvalue weighted by Gasteiger charge is 2.18. The van der Waals surface area contributed by atoms with Crippen molar-refractivity contribution < 1.29 is 4.79 Å². The van der Waals surface area contributed by atoms with Crippen LogP contribution in [0.1, 0.15) is 31.1 Å². The molecule has 1 aromatic rings. The number of ketones is 1. The van der Waals surface area contributed by atoms with Crippen LogP contribution in [0.15, 0.2) is 13.6 Å². The molecule has 0 bridgehead atoms. The van der Waals surface area contributed by atoms with Crippen molar-refractivity contribution in [1.29, 1.82) is 0 Å². The molecule has 0 aliphatic rings. The molecule has 17 heavy (non-hydrogen) atoms. The molecule has 1 rings (SSSR count). The zero-order valence-corrected chi connectivity index (χ0v) is 14.5. The van der Waals surface area contributed by atoms with Gasteiger partial charge in [0.1, 0.15) is 0 Å². The van der Waals surface area contributed by atoms with Crippen LogP contribution in [0.25, 0.3) is 0 Å². The Hall–Kier alpha value is 0.290. The van der Waals surface area contributed by atoms with Crippen LogP contribution < -0.4 is 0 Å². The summed E-state index contributed by atoms with van der Waals surface area (Å²) in [6.07, 6.45) is 0. The first-order valence-corrected chi connectivity index (χ1v) is 7.76. The Morgan fingerprint density at radius 3 is 2.41 bits per heavy atom. The molecule has 0 unspecified atom stereocenters. The molecule has 0 aliphatic carbocycles. The minimum Gasteiger partial charge on any atom is -0.298 e. The predicted molar refractivity (Wildman–Crippen MR) is 81.0 cm³/mol. The first kappa shape index (κ1) is 15.3. The van der Waals surface area contributed by atoms with Gasteiger partial charge in [-0.1, -0.05) is 20.8 Å². The van der Waals surface area contributed by atoms with E-state index in [9.17, 15) is 4.79 Å². The van der Waals surface area contributed by atoms with E-state index in [2.05, 4.69) is 57.5 Å². The molecule has 0 aliphatic heterocycles. The normalized spacial score (nSPS) is 12.2. The molecule has 5 heteroatoms. The lowest BCUT2D eigenvalue weighted by molar-refractivity contribution is 0.0926. The van der Waals surface area contributed by atoms with Crippen LogP contribution in [0, 0.1) is 5.41 Å². The van der Waals surface area contributed by atoms with Gasteiger partial charge in [0.25, 0.3) is 0 Å². The Kier molecular flexibility index (Phi) is 5.38. The number of Topliss-reactive ketones (excluding diaryl/α,β-unsaturated/α-hetero) is 1. The van der Waals surface area contributed by atoms with E-state index in [1.165, 1.54) is 11.3 Å². The fourth-order valence-corrected chi connectivity index (χ4v) is 4.58. The lowest BCUT2D eigenvalue weighted by atomic mass is 9.96. The fourth-order valence-electron chi connectivity index (χ4n) is 1.73. The van der Waals surface area contributed by atoms with Crippen molar-refractivity contribution in [3.05, 3.63) is 19.2 Å². The number of nitrogens with zero attached hydrogens (tertiary/aromatic N) is 1. The van der Waals surface area contributed by atoms with Gasteiger partial charge in [-0.2, -0.15) is 0 Å². The molecule has 0 amide bonds. The number of halogens is 2. The Bertz CT molecular complexity index is 409. The van der Waals surface area contributed by atoms with Gasteiger partial charge in [-0.15, -0.1) is 11.3 Å². The lowest BCUT2D eigenvalue weighted by Crippen LogP contribution is -2.33. The summed E-state index contributed by atoms with van der Waals surface area (Å²) in [5, 5.41) is 0. The van der Waals surface area contributed by atoms with Crippen molar-refractivity contribution in [2.24, 2.45) is 5.41 Å². The number of hydrogen-bond acceptors (Lipinski definition) is 3. The molecular weight excluding hydrogens is 366 g/mol. The highest BCUT2D eigenvalue weighted by atomic mass is 79.9. The number of thiophene rings is 1. The standard InChI is InChI=1S/C12H17Br2NOS/c1-12(2,3)7-15(4)6-9(16)8-5-10(13)17-11(8)14/h5H,6-7H2,1-4H3. The molecule has 96 valence electrons. The first-order chi connectivity index (χ1) is 7.69. The molecule has 0 saturated heterocycles. The van der Waals surface area contributed by atoms with Gasteiger partial charge in [0.2, 0.25) is 0 Å². The van der Waals surface area contributed by atoms with Crippen molar-refractivity contribution in [3.8, 4) is 0 Å². The zero-order valence-electron chi connectivity index (χ0n) is 10.5. The van der Waals surface area contributed by atoms with E-state index in [0.717, 1.165) is 19.7 Å². The molecule has 0 aromatic carbocycles. The summed E-state index contributed by atoms with van der Waals surface area (Å²) < 4.78 is 1.88. The summed E-state index contributed by atoms with van der Waals surface area (Å²) in [7, 11) is 1.98. The SMILES string of the molecule is CN(CC(=O)c1cc(Br)sc1Br)CC(C)(C)C. The summed E-state index contributed by atoms with van der Waals surface area (Å²) in [5.74, 6) is 0.158. The molecule has 1 heterocycles. The zero-order chi connectivity index (χ0) is 13.2. The summed E-state index contributed by atoms with van der Waals surface area (Å²) >= 11 is 8.34. The third kappa shape index (κ3) is 5.20. The van der Waals surface area contributed by atoms with E-state index in [1.54, 1.807) is 0 Å². The van der Waals surface area contributed by atoms with Crippen molar-refractivity contribution >= 4 is 49.0 Å². The average Bonchev–Trinajstić information content (AvgIpc) is 2.41. The Morgan fingerprint density at radius 2 is 2.00 bits per heavy atom. The van der Waals surface area contributed by atoms with E-state index < -0.39 is 0 Å². The maximum atomic E-state index is 12.1. The van der Waals surface area contributed by atoms with Gasteiger partial charge in [0.15, 0.2) is 5.78 Å². The third-order valence-electron chi connectivity index (χ3n) is 2.11. The van der Waals surface area contributed by atoms with Gasteiger partial charge in [0, 0.05) is 12.1 Å². The number of rotatable bonds is 4. The monoisotopic (exact) mass is 381 g/mol. The van der Waals surface area contributed by atoms with E-state index in [4.69, 9.17) is 0 Å². The second-order valence-electron chi connectivity index (χ2n) is 5.39. The number of likely N-dealkylation sites (N-methyl/N-ethyl adjacent to an activating group) is 1. The molecule has 0 saturated carbocycles. The molecule has 1 aromatic heterocycles. The van der Waals surface area contributed by atoms with Crippen LogP contribution in [0.3, 0.4) is 0 Å². The molecule has 0 atom stereocenters. The second kappa shape index (κ2) is 5.95. The van der Waals surface area contributed by atoms with E-state index in [0.29, 0.717) is 6.54 Å². The van der Waals surface area contributed by atoms with Crippen molar-refractivity contribution in [3.63, 3.8) is 0 Å². The van der Waals surface area contributed by atoms with E-state index in [1.807, 2.05) is 13.1 Å². The summed E-state index contributed by atoms with van der Waals surface area (Å²) in [6, 6.07) is 1.88. The topological polar surface area (TPSA) is 20.3 Å². The Morgan fingerprint density at radius 1 is 1.41 bits per heavy atom. The molecule has 0 radical (unpaired) electrons. The largest absolute Gasteiger partial charge is 0.298 e. The first-order valence-electron chi connectivity index (χ1n) is 5.35. The number of carbonyl (C=O) groups excluding carboxylic acids is 1. The smallest absolute Gasteiger partial charge is 0.178 e. The average molecular weight is 383 g/mol. The van der Waals surface area contributed by atoms with Gasteiger partial charge in [-0.05, 0) is 50.4 Å². The van der Waals surface area contributed by atoms with E-state index in [-0.39, 0.29) is 11.2 Å². The number of carbonyl (C=O) groups is 1. The van der Waals surface area contributed by atoms with Crippen molar-refractivity contribution in [1.82, 2.24) is 4.90 Å². The summed E-state index contributed by atoms with van der Waals surface area (Å²) in [4.78, 5) is 14.2. The minimum atomic E-state index is 0.158. The highest BCUT2D eigenvalue weighted by molar-refractivity contribution is 9.12. The molecular formula is C12H17Br2NOS. The fraction of sp³-hybridized carbons (Fsp3) is 0.583. The lowest BCUT2D eigenvalue weighted by Gasteiger charge is -2.25. The molecule has 0 N–H and O–H groups in total.